The Morgan fingerprint density at radius 3 is 2.85 bits per heavy atom. The number of nitrogens with zero attached hydrogens (tertiary/aromatic N) is 4. The average molecular weight is 401 g/mol. The number of aromatic nitrogens is 4. The first kappa shape index (κ1) is 21.4. The summed E-state index contributed by atoms with van der Waals surface area (Å²) in [4.78, 5) is 38.7. The molecular formula is C15H24N5O6P. The zero-order valence-electron chi connectivity index (χ0n) is 15.3. The van der Waals surface area contributed by atoms with Gasteiger partial charge in [-0.3, -0.25) is 18.7 Å². The van der Waals surface area contributed by atoms with Gasteiger partial charge >= 0.3 is 7.60 Å². The van der Waals surface area contributed by atoms with Crippen molar-refractivity contribution in [3.8, 4) is 0 Å². The number of hydrogen-bond acceptors (Lipinski definition) is 8. The van der Waals surface area contributed by atoms with Crippen molar-refractivity contribution in [2.45, 2.75) is 32.7 Å². The maximum absolute atomic E-state index is 12.2. The lowest BCUT2D eigenvalue weighted by Crippen LogP contribution is -2.25. The van der Waals surface area contributed by atoms with Crippen LogP contribution in [0.5, 0.6) is 0 Å². The number of carbonyl (C=O) groups excluding carboxylic acids is 1. The molecule has 1 amide bonds. The van der Waals surface area contributed by atoms with Crippen molar-refractivity contribution in [3.05, 3.63) is 18.3 Å². The molecule has 0 radical (unpaired) electrons. The van der Waals surface area contributed by atoms with E-state index in [2.05, 4.69) is 31.9 Å². The zero-order valence-corrected chi connectivity index (χ0v) is 16.2. The monoisotopic (exact) mass is 401 g/mol. The van der Waals surface area contributed by atoms with Crippen molar-refractivity contribution in [1.29, 1.82) is 0 Å². The minimum atomic E-state index is -3.56. The molecule has 0 spiro atoms. The molecule has 0 aliphatic heterocycles. The molecule has 0 fully saturated rings. The molecule has 2 aromatic heterocycles. The van der Waals surface area contributed by atoms with Crippen molar-refractivity contribution in [3.63, 3.8) is 0 Å². The molecule has 0 saturated carbocycles. The Bertz CT molecular complexity index is 792. The Morgan fingerprint density at radius 2 is 2.11 bits per heavy atom. The van der Waals surface area contributed by atoms with Crippen LogP contribution in [0.2, 0.25) is 0 Å². The summed E-state index contributed by atoms with van der Waals surface area (Å²) in [6.45, 7) is 3.87. The van der Waals surface area contributed by atoms with Crippen molar-refractivity contribution in [2.75, 3.05) is 26.7 Å². The lowest BCUT2D eigenvalue weighted by atomic mass is 10.3. The van der Waals surface area contributed by atoms with Gasteiger partial charge in [-0.1, -0.05) is 19.8 Å². The second kappa shape index (κ2) is 10.4. The zero-order chi connectivity index (χ0) is 19.7. The SMILES string of the molecule is CCCCCONC(=O)c1ncnc2c1ncn2CCOCOP(C)(=O)O. The highest BCUT2D eigenvalue weighted by Gasteiger charge is 2.16. The predicted molar refractivity (Wildman–Crippen MR) is 95.9 cm³/mol. The highest BCUT2D eigenvalue weighted by molar-refractivity contribution is 7.51. The van der Waals surface area contributed by atoms with E-state index >= 15 is 0 Å². The van der Waals surface area contributed by atoms with Crippen molar-refractivity contribution < 1.29 is 28.4 Å². The van der Waals surface area contributed by atoms with Gasteiger partial charge in [0.2, 0.25) is 0 Å². The minimum Gasteiger partial charge on any atom is -0.353 e. The molecular weight excluding hydrogens is 377 g/mol. The van der Waals surface area contributed by atoms with Gasteiger partial charge in [0.1, 0.15) is 11.8 Å². The second-order valence-electron chi connectivity index (χ2n) is 5.78. The number of carbonyl (C=O) groups is 1. The maximum atomic E-state index is 12.2. The highest BCUT2D eigenvalue weighted by atomic mass is 31.2. The first-order chi connectivity index (χ1) is 12.9. The van der Waals surface area contributed by atoms with Gasteiger partial charge in [-0.15, -0.1) is 0 Å². The van der Waals surface area contributed by atoms with Gasteiger partial charge in [0.25, 0.3) is 5.91 Å². The number of amides is 1. The third-order valence-electron chi connectivity index (χ3n) is 3.48. The van der Waals surface area contributed by atoms with E-state index in [1.807, 2.05) is 0 Å². The molecule has 0 aliphatic rings. The van der Waals surface area contributed by atoms with Crippen LogP contribution in [-0.2, 0) is 25.2 Å². The molecule has 12 heteroatoms. The van der Waals surface area contributed by atoms with Crippen LogP contribution in [0.3, 0.4) is 0 Å². The Morgan fingerprint density at radius 1 is 1.30 bits per heavy atom. The largest absolute Gasteiger partial charge is 0.353 e. The molecule has 1 atom stereocenters. The van der Waals surface area contributed by atoms with E-state index in [9.17, 15) is 9.36 Å². The van der Waals surface area contributed by atoms with E-state index in [1.165, 1.54) is 12.7 Å². The van der Waals surface area contributed by atoms with Crippen LogP contribution in [0, 0.1) is 0 Å². The lowest BCUT2D eigenvalue weighted by molar-refractivity contribution is 0.00698. The summed E-state index contributed by atoms with van der Waals surface area (Å²) < 4.78 is 22.4. The number of unbranched alkanes of at least 4 members (excludes halogenated alkanes) is 2. The Labute approximate surface area is 156 Å². The molecule has 2 N–H and O–H groups in total. The summed E-state index contributed by atoms with van der Waals surface area (Å²) in [7, 11) is -3.56. The molecule has 2 rings (SSSR count). The van der Waals surface area contributed by atoms with Crippen molar-refractivity contribution in [2.24, 2.45) is 0 Å². The van der Waals surface area contributed by atoms with Gasteiger partial charge in [-0.2, -0.15) is 0 Å². The summed E-state index contributed by atoms with van der Waals surface area (Å²) >= 11 is 0. The van der Waals surface area contributed by atoms with Crippen molar-refractivity contribution in [1.82, 2.24) is 25.0 Å². The van der Waals surface area contributed by atoms with E-state index in [-0.39, 0.29) is 19.1 Å². The third kappa shape index (κ3) is 6.96. The molecule has 150 valence electrons. The number of rotatable bonds is 12. The minimum absolute atomic E-state index is 0.116. The van der Waals surface area contributed by atoms with Crippen LogP contribution >= 0.6 is 7.60 Å². The van der Waals surface area contributed by atoms with Gasteiger partial charge in [0.05, 0.1) is 19.5 Å². The third-order valence-corrected chi connectivity index (χ3v) is 4.07. The summed E-state index contributed by atoms with van der Waals surface area (Å²) in [5, 5.41) is 0. The quantitative estimate of drug-likeness (QED) is 0.234. The van der Waals surface area contributed by atoms with Gasteiger partial charge in [0, 0.05) is 13.2 Å². The first-order valence-corrected chi connectivity index (χ1v) is 10.6. The van der Waals surface area contributed by atoms with Crippen LogP contribution in [-0.4, -0.2) is 57.0 Å². The number of hydrogen-bond donors (Lipinski definition) is 2. The summed E-state index contributed by atoms with van der Waals surface area (Å²) in [5.74, 6) is -0.490. The summed E-state index contributed by atoms with van der Waals surface area (Å²) in [6.07, 6.45) is 5.74. The summed E-state index contributed by atoms with van der Waals surface area (Å²) in [5.41, 5.74) is 3.29. The smallest absolute Gasteiger partial charge is 0.327 e. The van der Waals surface area contributed by atoms with E-state index in [1.54, 1.807) is 4.57 Å². The second-order valence-corrected chi connectivity index (χ2v) is 7.64. The van der Waals surface area contributed by atoms with Crippen LogP contribution in [0.15, 0.2) is 12.7 Å². The fourth-order valence-corrected chi connectivity index (χ4v) is 2.43. The van der Waals surface area contributed by atoms with Gasteiger partial charge < -0.3 is 14.2 Å². The normalized spacial score (nSPS) is 13.6. The molecule has 2 heterocycles. The molecule has 0 bridgehead atoms. The molecule has 27 heavy (non-hydrogen) atoms. The van der Waals surface area contributed by atoms with Crippen LogP contribution in [0.25, 0.3) is 11.2 Å². The van der Waals surface area contributed by atoms with E-state index < -0.39 is 13.5 Å². The van der Waals surface area contributed by atoms with E-state index in [0.717, 1.165) is 25.9 Å². The molecule has 0 aromatic carbocycles. The average Bonchev–Trinajstić information content (AvgIpc) is 3.03. The molecule has 0 aliphatic carbocycles. The van der Waals surface area contributed by atoms with Gasteiger partial charge in [-0.05, 0) is 6.42 Å². The van der Waals surface area contributed by atoms with Gasteiger partial charge in [0.15, 0.2) is 18.1 Å². The number of hydroxylamine groups is 1. The fourth-order valence-electron chi connectivity index (χ4n) is 2.16. The molecule has 0 saturated heterocycles. The van der Waals surface area contributed by atoms with Crippen LogP contribution in [0.1, 0.15) is 36.7 Å². The Balaban J connectivity index is 1.91. The van der Waals surface area contributed by atoms with Gasteiger partial charge in [-0.25, -0.2) is 20.4 Å². The van der Waals surface area contributed by atoms with Crippen molar-refractivity contribution >= 4 is 24.7 Å². The number of ether oxygens (including phenoxy) is 1. The number of nitrogens with one attached hydrogen (secondary N) is 1. The maximum Gasteiger partial charge on any atom is 0.327 e. The van der Waals surface area contributed by atoms with E-state index in [0.29, 0.717) is 24.3 Å². The molecule has 1 unspecified atom stereocenters. The highest BCUT2D eigenvalue weighted by Crippen LogP contribution is 2.36. The fraction of sp³-hybridized carbons (Fsp3) is 0.600. The predicted octanol–water partition coefficient (Wildman–Crippen LogP) is 1.48. The lowest BCUT2D eigenvalue weighted by Gasteiger charge is -2.08. The van der Waals surface area contributed by atoms with Crippen LogP contribution in [0.4, 0.5) is 0 Å². The molecule has 2 aromatic rings. The summed E-state index contributed by atoms with van der Waals surface area (Å²) in [6, 6.07) is 0. The Kier molecular flexibility index (Phi) is 8.26. The Hall–Kier alpha value is -1.91. The molecule has 11 nitrogen and oxygen atoms in total. The standard InChI is InChI=1S/C15H24N5O6P/c1-3-4-5-7-25-19-15(21)13-12-14(17-9-16-13)20(10-18-12)6-8-24-11-26-27(2,22)23/h9-10H,3-8,11H2,1-2H3,(H,19,21)(H,22,23). The number of imidazole rings is 1. The number of fused-ring (bicyclic) bond motifs is 1. The first-order valence-electron chi connectivity index (χ1n) is 8.53. The van der Waals surface area contributed by atoms with E-state index in [4.69, 9.17) is 14.5 Å². The topological polar surface area (TPSA) is 138 Å². The van der Waals surface area contributed by atoms with Crippen LogP contribution < -0.4 is 5.48 Å².